The van der Waals surface area contributed by atoms with Crippen molar-refractivity contribution in [3.05, 3.63) is 54.1 Å². The van der Waals surface area contributed by atoms with Crippen LogP contribution in [0.4, 0.5) is 0 Å². The molecule has 138 valence electrons. The van der Waals surface area contributed by atoms with Crippen LogP contribution in [0.25, 0.3) is 0 Å². The van der Waals surface area contributed by atoms with Crippen molar-refractivity contribution in [1.29, 1.82) is 0 Å². The molecule has 0 radical (unpaired) electrons. The molecule has 2 fully saturated rings. The molecule has 2 aliphatic rings. The van der Waals surface area contributed by atoms with Crippen LogP contribution in [-0.2, 0) is 11.3 Å². The molecular weight excluding hydrogens is 324 g/mol. The first-order valence-electron chi connectivity index (χ1n) is 9.72. The Morgan fingerprint density at radius 3 is 2.65 bits per heavy atom. The van der Waals surface area contributed by atoms with E-state index in [1.165, 1.54) is 11.3 Å². The number of nitrogens with zero attached hydrogens (tertiary/aromatic N) is 3. The standard InChI is InChI=1S/C21H28N4O/c1-2-25-15-21(12-19(20(25)26)17-6-4-3-5-7-17)8-10-24(11-9-21)14-18-13-22-16-23-18/h3-7,13,16,19H,2,8-12,14-15H2,1H3,(H,22,23)/t19-/m0/s1. The van der Waals surface area contributed by atoms with E-state index in [0.717, 1.165) is 52.0 Å². The fourth-order valence-corrected chi connectivity index (χ4v) is 4.66. The Morgan fingerprint density at radius 2 is 2.00 bits per heavy atom. The van der Waals surface area contributed by atoms with Crippen molar-refractivity contribution in [2.24, 2.45) is 5.41 Å². The maximum Gasteiger partial charge on any atom is 0.230 e. The Hall–Kier alpha value is -2.14. The first-order chi connectivity index (χ1) is 12.7. The van der Waals surface area contributed by atoms with Crippen LogP contribution in [0.3, 0.4) is 0 Å². The van der Waals surface area contributed by atoms with Gasteiger partial charge in [0.05, 0.1) is 12.2 Å². The fourth-order valence-electron chi connectivity index (χ4n) is 4.66. The normalized spacial score (nSPS) is 23.5. The summed E-state index contributed by atoms with van der Waals surface area (Å²) in [5, 5.41) is 0. The van der Waals surface area contributed by atoms with Gasteiger partial charge in [0.15, 0.2) is 0 Å². The van der Waals surface area contributed by atoms with Crippen molar-refractivity contribution in [3.63, 3.8) is 0 Å². The van der Waals surface area contributed by atoms with Crippen molar-refractivity contribution >= 4 is 5.91 Å². The van der Waals surface area contributed by atoms with E-state index in [4.69, 9.17) is 0 Å². The zero-order valence-electron chi connectivity index (χ0n) is 15.5. The Kier molecular flexibility index (Phi) is 4.81. The highest BCUT2D eigenvalue weighted by Crippen LogP contribution is 2.45. The lowest BCUT2D eigenvalue weighted by molar-refractivity contribution is -0.141. The SMILES string of the molecule is CCN1CC2(CCN(Cc3cnc[nH]3)CC2)C[C@@H](c2ccccc2)C1=O. The van der Waals surface area contributed by atoms with Crippen LogP contribution >= 0.6 is 0 Å². The van der Waals surface area contributed by atoms with Gasteiger partial charge in [0, 0.05) is 31.5 Å². The van der Waals surface area contributed by atoms with Gasteiger partial charge in [-0.2, -0.15) is 0 Å². The number of rotatable bonds is 4. The number of likely N-dealkylation sites (tertiary alicyclic amines) is 2. The number of aromatic amines is 1. The molecule has 5 heteroatoms. The summed E-state index contributed by atoms with van der Waals surface area (Å²) in [6, 6.07) is 10.4. The molecule has 26 heavy (non-hydrogen) atoms. The van der Waals surface area contributed by atoms with Gasteiger partial charge in [-0.05, 0) is 50.3 Å². The Labute approximate surface area is 155 Å². The minimum atomic E-state index is 0.0176. The van der Waals surface area contributed by atoms with Gasteiger partial charge >= 0.3 is 0 Å². The quantitative estimate of drug-likeness (QED) is 0.920. The number of imidazole rings is 1. The summed E-state index contributed by atoms with van der Waals surface area (Å²) in [5.41, 5.74) is 2.61. The van der Waals surface area contributed by atoms with Crippen LogP contribution in [0, 0.1) is 5.41 Å². The maximum atomic E-state index is 13.0. The number of aromatic nitrogens is 2. The predicted molar refractivity (Wildman–Crippen MR) is 102 cm³/mol. The van der Waals surface area contributed by atoms with Gasteiger partial charge in [-0.25, -0.2) is 4.98 Å². The van der Waals surface area contributed by atoms with Crippen molar-refractivity contribution in [1.82, 2.24) is 19.8 Å². The zero-order valence-corrected chi connectivity index (χ0v) is 15.5. The average molecular weight is 352 g/mol. The number of hydrogen-bond acceptors (Lipinski definition) is 3. The smallest absolute Gasteiger partial charge is 0.230 e. The van der Waals surface area contributed by atoms with Crippen LogP contribution < -0.4 is 0 Å². The molecule has 2 aliphatic heterocycles. The van der Waals surface area contributed by atoms with Crippen LogP contribution in [0.5, 0.6) is 0 Å². The summed E-state index contributed by atoms with van der Waals surface area (Å²) in [7, 11) is 0. The lowest BCUT2D eigenvalue weighted by Gasteiger charge is -2.49. The van der Waals surface area contributed by atoms with E-state index in [1.807, 2.05) is 24.4 Å². The van der Waals surface area contributed by atoms with Gasteiger partial charge in [-0.15, -0.1) is 0 Å². The van der Waals surface area contributed by atoms with Crippen molar-refractivity contribution < 1.29 is 4.79 Å². The monoisotopic (exact) mass is 352 g/mol. The summed E-state index contributed by atoms with van der Waals surface area (Å²) < 4.78 is 0. The number of benzene rings is 1. The van der Waals surface area contributed by atoms with E-state index >= 15 is 0 Å². The average Bonchev–Trinajstić information content (AvgIpc) is 3.19. The van der Waals surface area contributed by atoms with Gasteiger partial charge in [0.1, 0.15) is 0 Å². The predicted octanol–water partition coefficient (Wildman–Crippen LogP) is 3.03. The Morgan fingerprint density at radius 1 is 1.23 bits per heavy atom. The van der Waals surface area contributed by atoms with E-state index in [0.29, 0.717) is 5.91 Å². The number of carbonyl (C=O) groups is 1. The molecule has 2 aromatic rings. The van der Waals surface area contributed by atoms with Gasteiger partial charge in [-0.1, -0.05) is 30.3 Å². The Balaban J connectivity index is 1.48. The van der Waals surface area contributed by atoms with Crippen LogP contribution in [0.2, 0.25) is 0 Å². The number of likely N-dealkylation sites (N-methyl/N-ethyl adjacent to an activating group) is 1. The van der Waals surface area contributed by atoms with Crippen LogP contribution in [-0.4, -0.2) is 51.9 Å². The third kappa shape index (κ3) is 3.40. The highest BCUT2D eigenvalue weighted by atomic mass is 16.2. The number of piperidine rings is 2. The molecule has 0 saturated carbocycles. The fraction of sp³-hybridized carbons (Fsp3) is 0.524. The molecule has 0 bridgehead atoms. The van der Waals surface area contributed by atoms with E-state index in [1.54, 1.807) is 6.33 Å². The first-order valence-corrected chi connectivity index (χ1v) is 9.72. The minimum absolute atomic E-state index is 0.0176. The van der Waals surface area contributed by atoms with Gasteiger partial charge < -0.3 is 9.88 Å². The largest absolute Gasteiger partial charge is 0.347 e. The van der Waals surface area contributed by atoms with Crippen LogP contribution in [0.15, 0.2) is 42.9 Å². The number of hydrogen-bond donors (Lipinski definition) is 1. The molecule has 0 unspecified atom stereocenters. The highest BCUT2D eigenvalue weighted by Gasteiger charge is 2.45. The third-order valence-electron chi connectivity index (χ3n) is 6.22. The lowest BCUT2D eigenvalue weighted by Crippen LogP contribution is -2.53. The molecule has 1 spiro atoms. The van der Waals surface area contributed by atoms with E-state index in [-0.39, 0.29) is 11.3 Å². The summed E-state index contributed by atoms with van der Waals surface area (Å²) in [6.45, 7) is 6.95. The lowest BCUT2D eigenvalue weighted by atomic mass is 9.67. The summed E-state index contributed by atoms with van der Waals surface area (Å²) >= 11 is 0. The maximum absolute atomic E-state index is 13.0. The molecule has 1 aromatic heterocycles. The number of amides is 1. The Bertz CT molecular complexity index is 720. The minimum Gasteiger partial charge on any atom is -0.347 e. The molecule has 4 rings (SSSR count). The molecule has 1 atom stereocenters. The van der Waals surface area contributed by atoms with E-state index < -0.39 is 0 Å². The second kappa shape index (κ2) is 7.23. The number of carbonyl (C=O) groups excluding carboxylic acids is 1. The summed E-state index contributed by atoms with van der Waals surface area (Å²) in [5.74, 6) is 0.327. The first kappa shape index (κ1) is 17.3. The van der Waals surface area contributed by atoms with E-state index in [9.17, 15) is 4.79 Å². The molecule has 1 N–H and O–H groups in total. The number of nitrogens with one attached hydrogen (secondary N) is 1. The highest BCUT2D eigenvalue weighted by molar-refractivity contribution is 5.84. The molecule has 3 heterocycles. The molecule has 0 aliphatic carbocycles. The third-order valence-corrected chi connectivity index (χ3v) is 6.22. The second-order valence-electron chi connectivity index (χ2n) is 7.87. The second-order valence-corrected chi connectivity index (χ2v) is 7.87. The number of H-pyrrole nitrogens is 1. The zero-order chi connectivity index (χ0) is 18.0. The molecule has 2 saturated heterocycles. The summed E-state index contributed by atoms with van der Waals surface area (Å²) in [4.78, 5) is 24.9. The van der Waals surface area contributed by atoms with Crippen LogP contribution in [0.1, 0.15) is 43.4 Å². The topological polar surface area (TPSA) is 52.2 Å². The van der Waals surface area contributed by atoms with Gasteiger partial charge in [0.2, 0.25) is 5.91 Å². The molecule has 5 nitrogen and oxygen atoms in total. The summed E-state index contributed by atoms with van der Waals surface area (Å²) in [6.07, 6.45) is 6.97. The molecule has 1 amide bonds. The van der Waals surface area contributed by atoms with E-state index in [2.05, 4.69) is 38.8 Å². The molecular formula is C21H28N4O. The van der Waals surface area contributed by atoms with Crippen molar-refractivity contribution in [3.8, 4) is 0 Å². The van der Waals surface area contributed by atoms with Crippen molar-refractivity contribution in [2.75, 3.05) is 26.2 Å². The van der Waals surface area contributed by atoms with Gasteiger partial charge in [0.25, 0.3) is 0 Å². The van der Waals surface area contributed by atoms with Crippen molar-refractivity contribution in [2.45, 2.75) is 38.6 Å². The molecule has 1 aromatic carbocycles. The van der Waals surface area contributed by atoms with Gasteiger partial charge in [-0.3, -0.25) is 9.69 Å².